The second-order valence-electron chi connectivity index (χ2n) is 8.10. The summed E-state index contributed by atoms with van der Waals surface area (Å²) in [5.74, 6) is 0.168. The van der Waals surface area contributed by atoms with Crippen molar-refractivity contribution in [3.8, 4) is 5.75 Å². The normalized spacial score (nSPS) is 12.5. The number of pyridine rings is 1. The van der Waals surface area contributed by atoms with Gasteiger partial charge in [-0.25, -0.2) is 4.52 Å². The van der Waals surface area contributed by atoms with Crippen molar-refractivity contribution in [2.75, 3.05) is 32.1 Å². The molecule has 0 aliphatic carbocycles. The third-order valence-corrected chi connectivity index (χ3v) is 5.84. The third kappa shape index (κ3) is 4.67. The van der Waals surface area contributed by atoms with Crippen molar-refractivity contribution in [2.24, 2.45) is 11.5 Å². The van der Waals surface area contributed by atoms with E-state index >= 15 is 0 Å². The quantitative estimate of drug-likeness (QED) is 0.185. The van der Waals surface area contributed by atoms with Crippen LogP contribution in [-0.4, -0.2) is 53.5 Å². The van der Waals surface area contributed by atoms with Crippen molar-refractivity contribution in [1.29, 1.82) is 0 Å². The molecule has 0 unspecified atom stereocenters. The highest BCUT2D eigenvalue weighted by molar-refractivity contribution is 6.06. The molecule has 4 aromatic rings. The van der Waals surface area contributed by atoms with E-state index in [0.717, 1.165) is 43.6 Å². The van der Waals surface area contributed by atoms with Gasteiger partial charge in [-0.3, -0.25) is 9.59 Å². The van der Waals surface area contributed by atoms with Gasteiger partial charge in [0.2, 0.25) is 5.91 Å². The van der Waals surface area contributed by atoms with Gasteiger partial charge in [-0.1, -0.05) is 11.6 Å². The molecular formula is C23H29N7O3. The van der Waals surface area contributed by atoms with Crippen molar-refractivity contribution >= 4 is 38.9 Å². The van der Waals surface area contributed by atoms with Gasteiger partial charge in [0.15, 0.2) is 5.43 Å². The highest BCUT2D eigenvalue weighted by atomic mass is 16.5. The molecule has 0 saturated heterocycles. The van der Waals surface area contributed by atoms with E-state index in [2.05, 4.69) is 20.9 Å². The lowest BCUT2D eigenvalue weighted by molar-refractivity contribution is -0.119. The smallest absolute Gasteiger partial charge is 0.234 e. The lowest BCUT2D eigenvalue weighted by Gasteiger charge is -2.12. The number of benzene rings is 2. The molecule has 0 spiro atoms. The van der Waals surface area contributed by atoms with E-state index in [-0.39, 0.29) is 5.43 Å². The number of fused-ring (bicyclic) bond motifs is 2. The lowest BCUT2D eigenvalue weighted by atomic mass is 10.1. The number of hydrogen-bond acceptors (Lipinski definition) is 8. The molecule has 1 atom stereocenters. The minimum absolute atomic E-state index is 0.0703. The number of aromatic nitrogens is 3. The highest BCUT2D eigenvalue weighted by Gasteiger charge is 2.18. The van der Waals surface area contributed by atoms with Gasteiger partial charge in [-0.15, -0.1) is 5.10 Å². The van der Waals surface area contributed by atoms with Crippen LogP contribution in [-0.2, 0) is 4.79 Å². The Morgan fingerprint density at radius 1 is 1.15 bits per heavy atom. The summed E-state index contributed by atoms with van der Waals surface area (Å²) in [7, 11) is 1.58. The molecule has 0 fully saturated rings. The summed E-state index contributed by atoms with van der Waals surface area (Å²) < 4.78 is 7.02. The van der Waals surface area contributed by atoms with Crippen LogP contribution in [0.5, 0.6) is 5.75 Å². The molecule has 1 amide bonds. The highest BCUT2D eigenvalue weighted by Crippen LogP contribution is 2.28. The number of amides is 1. The first-order chi connectivity index (χ1) is 16.0. The fraction of sp³-hybridized carbons (Fsp3) is 0.391. The molecule has 33 heavy (non-hydrogen) atoms. The Morgan fingerprint density at radius 3 is 2.76 bits per heavy atom. The molecule has 10 heteroatoms. The lowest BCUT2D eigenvalue weighted by Crippen LogP contribution is -2.36. The van der Waals surface area contributed by atoms with Gasteiger partial charge in [-0.2, -0.15) is 0 Å². The molecule has 174 valence electrons. The Hall–Kier alpha value is -3.50. The first kappa shape index (κ1) is 22.7. The van der Waals surface area contributed by atoms with Crippen molar-refractivity contribution in [3.63, 3.8) is 0 Å². The molecule has 0 aliphatic heterocycles. The average Bonchev–Trinajstić information content (AvgIpc) is 3.25. The second kappa shape index (κ2) is 9.97. The molecule has 6 N–H and O–H groups in total. The molecule has 10 nitrogen and oxygen atoms in total. The van der Waals surface area contributed by atoms with Crippen LogP contribution in [0.3, 0.4) is 0 Å². The van der Waals surface area contributed by atoms with Crippen molar-refractivity contribution < 1.29 is 9.53 Å². The maximum atomic E-state index is 13.4. The van der Waals surface area contributed by atoms with E-state index in [9.17, 15) is 9.59 Å². The zero-order valence-electron chi connectivity index (χ0n) is 18.6. The number of anilines is 1. The van der Waals surface area contributed by atoms with E-state index < -0.39 is 11.9 Å². The SMILES string of the molecule is COc1ccc2c(c1)c(=O)c1c(NCCCNCCCC[C@H](N)C(N)=O)ccc3nnn2c31. The number of primary amides is 1. The maximum Gasteiger partial charge on any atom is 0.234 e. The zero-order chi connectivity index (χ0) is 23.4. The number of nitrogens with two attached hydrogens (primary N) is 2. The van der Waals surface area contributed by atoms with E-state index in [1.807, 2.05) is 24.3 Å². The summed E-state index contributed by atoms with van der Waals surface area (Å²) >= 11 is 0. The van der Waals surface area contributed by atoms with Gasteiger partial charge >= 0.3 is 0 Å². The summed E-state index contributed by atoms with van der Waals surface area (Å²) in [6.45, 7) is 2.39. The van der Waals surface area contributed by atoms with Crippen molar-refractivity contribution in [2.45, 2.75) is 31.7 Å². The van der Waals surface area contributed by atoms with Gasteiger partial charge in [0.1, 0.15) is 16.8 Å². The first-order valence-electron chi connectivity index (χ1n) is 11.1. The molecule has 0 aliphatic rings. The third-order valence-electron chi connectivity index (χ3n) is 5.84. The second-order valence-corrected chi connectivity index (χ2v) is 8.10. The average molecular weight is 452 g/mol. The number of nitrogens with zero attached hydrogens (tertiary/aromatic N) is 3. The monoisotopic (exact) mass is 451 g/mol. The first-order valence-corrected chi connectivity index (χ1v) is 11.1. The van der Waals surface area contributed by atoms with Crippen LogP contribution in [0, 0.1) is 0 Å². The number of nitrogens with one attached hydrogen (secondary N) is 2. The molecule has 0 radical (unpaired) electrons. The summed E-state index contributed by atoms with van der Waals surface area (Å²) in [5.41, 5.74) is 13.6. The Kier molecular flexibility index (Phi) is 6.85. The van der Waals surface area contributed by atoms with E-state index in [1.54, 1.807) is 17.7 Å². The predicted octanol–water partition coefficient (Wildman–Crippen LogP) is 1.22. The topological polar surface area (TPSA) is 150 Å². The molecule has 2 aromatic carbocycles. The van der Waals surface area contributed by atoms with Crippen LogP contribution in [0.1, 0.15) is 25.7 Å². The predicted molar refractivity (Wildman–Crippen MR) is 129 cm³/mol. The summed E-state index contributed by atoms with van der Waals surface area (Å²) in [6, 6.07) is 8.58. The van der Waals surface area contributed by atoms with Crippen LogP contribution >= 0.6 is 0 Å². The van der Waals surface area contributed by atoms with Crippen molar-refractivity contribution in [1.82, 2.24) is 20.1 Å². The molecule has 4 rings (SSSR count). The summed E-state index contributed by atoms with van der Waals surface area (Å²) in [5, 5.41) is 16.4. The van der Waals surface area contributed by atoms with Crippen LogP contribution in [0.15, 0.2) is 35.1 Å². The number of ether oxygens (including phenoxy) is 1. The number of methoxy groups -OCH3 is 1. The van der Waals surface area contributed by atoms with Gasteiger partial charge in [0.25, 0.3) is 0 Å². The van der Waals surface area contributed by atoms with Gasteiger partial charge in [0, 0.05) is 12.2 Å². The fourth-order valence-corrected chi connectivity index (χ4v) is 4.02. The minimum Gasteiger partial charge on any atom is -0.497 e. The van der Waals surface area contributed by atoms with E-state index in [1.165, 1.54) is 0 Å². The summed E-state index contributed by atoms with van der Waals surface area (Å²) in [4.78, 5) is 24.3. The minimum atomic E-state index is -0.560. The number of carbonyl (C=O) groups is 1. The van der Waals surface area contributed by atoms with Crippen LogP contribution in [0.2, 0.25) is 0 Å². The standard InChI is InChI=1S/C23H29N7O3/c1-33-14-6-9-19-15(13-14)22(31)20-17(7-8-18-21(20)30(19)29-28-18)27-12-4-11-26-10-3-2-5-16(24)23(25)32/h6-9,13,16,26-27H,2-5,10-12,24H2,1H3,(H2,25,32)/t16-/m0/s1. The number of hydrogen-bond donors (Lipinski definition) is 4. The molecule has 2 aromatic heterocycles. The Labute approximate surface area is 190 Å². The number of rotatable bonds is 12. The number of unbranched alkanes of at least 4 members (excludes halogenated alkanes) is 1. The molecular weight excluding hydrogens is 422 g/mol. The van der Waals surface area contributed by atoms with E-state index in [4.69, 9.17) is 16.2 Å². The summed E-state index contributed by atoms with van der Waals surface area (Å²) in [6.07, 6.45) is 3.28. The van der Waals surface area contributed by atoms with Crippen LogP contribution in [0.25, 0.3) is 27.3 Å². The Bertz CT molecular complexity index is 1320. The van der Waals surface area contributed by atoms with E-state index in [0.29, 0.717) is 40.5 Å². The van der Waals surface area contributed by atoms with Crippen LogP contribution < -0.4 is 32.3 Å². The Morgan fingerprint density at radius 2 is 1.97 bits per heavy atom. The van der Waals surface area contributed by atoms with Crippen LogP contribution in [0.4, 0.5) is 5.69 Å². The van der Waals surface area contributed by atoms with Crippen molar-refractivity contribution in [3.05, 3.63) is 40.6 Å². The van der Waals surface area contributed by atoms with Gasteiger partial charge in [0.05, 0.1) is 29.4 Å². The number of carbonyl (C=O) groups excluding carboxylic acids is 1. The fourth-order valence-electron chi connectivity index (χ4n) is 4.02. The zero-order valence-corrected chi connectivity index (χ0v) is 18.6. The molecule has 0 bridgehead atoms. The molecule has 0 saturated carbocycles. The van der Waals surface area contributed by atoms with Gasteiger partial charge in [-0.05, 0) is 62.7 Å². The largest absolute Gasteiger partial charge is 0.497 e. The maximum absolute atomic E-state index is 13.4. The Balaban J connectivity index is 1.40. The van der Waals surface area contributed by atoms with Gasteiger partial charge < -0.3 is 26.8 Å². The molecule has 2 heterocycles.